The molecule has 1 aliphatic rings. The summed E-state index contributed by atoms with van der Waals surface area (Å²) in [7, 11) is -0.987. The summed E-state index contributed by atoms with van der Waals surface area (Å²) >= 11 is 0. The van der Waals surface area contributed by atoms with Crippen LogP contribution >= 0.6 is 0 Å². The molecule has 0 radical (unpaired) electrons. The van der Waals surface area contributed by atoms with E-state index < -0.39 is 34.0 Å². The number of methoxy groups -OCH3 is 1. The molecule has 0 spiro atoms. The molecule has 29 heavy (non-hydrogen) atoms. The summed E-state index contributed by atoms with van der Waals surface area (Å²) in [4.78, 5) is 29.0. The SMILES string of the molecule is COC(=O)[C@H](Cc1ccccc1)NC(=O)[C@@H]1CCCN1S(=O)(=O)c1cn(C)cn1. The number of esters is 1. The largest absolute Gasteiger partial charge is 0.467 e. The van der Waals surface area contributed by atoms with E-state index in [-0.39, 0.29) is 18.0 Å². The molecule has 3 rings (SSSR count). The number of nitrogens with one attached hydrogen (secondary N) is 1. The zero-order valence-electron chi connectivity index (χ0n) is 16.3. The number of aryl methyl sites for hydroxylation is 1. The first-order valence-corrected chi connectivity index (χ1v) is 10.7. The molecule has 1 aromatic carbocycles. The molecule has 0 aliphatic carbocycles. The zero-order chi connectivity index (χ0) is 21.0. The molecule has 9 nitrogen and oxygen atoms in total. The van der Waals surface area contributed by atoms with Gasteiger partial charge in [-0.3, -0.25) is 4.79 Å². The van der Waals surface area contributed by atoms with Crippen LogP contribution in [0.2, 0.25) is 0 Å². The Morgan fingerprint density at radius 3 is 2.66 bits per heavy atom. The number of carbonyl (C=O) groups excluding carboxylic acids is 2. The predicted octanol–water partition coefficient (Wildman–Crippen LogP) is 0.474. The maximum Gasteiger partial charge on any atom is 0.328 e. The van der Waals surface area contributed by atoms with Gasteiger partial charge in [0.05, 0.1) is 13.4 Å². The molecular formula is C19H24N4O5S. The van der Waals surface area contributed by atoms with Crippen LogP contribution in [0.15, 0.2) is 47.9 Å². The van der Waals surface area contributed by atoms with E-state index in [1.807, 2.05) is 30.3 Å². The van der Waals surface area contributed by atoms with Gasteiger partial charge in [-0.2, -0.15) is 4.31 Å². The van der Waals surface area contributed by atoms with Gasteiger partial charge in [-0.1, -0.05) is 30.3 Å². The Kier molecular flexibility index (Phi) is 6.33. The van der Waals surface area contributed by atoms with Crippen LogP contribution in [0.1, 0.15) is 18.4 Å². The van der Waals surface area contributed by atoms with Gasteiger partial charge in [0.1, 0.15) is 12.1 Å². The summed E-state index contributed by atoms with van der Waals surface area (Å²) in [6, 6.07) is 7.41. The minimum atomic E-state index is -3.91. The van der Waals surface area contributed by atoms with Crippen LogP contribution in [0, 0.1) is 0 Å². The van der Waals surface area contributed by atoms with Gasteiger partial charge in [0, 0.05) is 26.2 Å². The van der Waals surface area contributed by atoms with Crippen molar-refractivity contribution in [3.05, 3.63) is 48.4 Å². The third kappa shape index (κ3) is 4.65. The van der Waals surface area contributed by atoms with Crippen molar-refractivity contribution < 1.29 is 22.7 Å². The molecular weight excluding hydrogens is 396 g/mol. The second-order valence-electron chi connectivity index (χ2n) is 6.93. The molecule has 0 bridgehead atoms. The van der Waals surface area contributed by atoms with Crippen molar-refractivity contribution in [2.45, 2.75) is 36.4 Å². The van der Waals surface area contributed by atoms with Gasteiger partial charge in [-0.25, -0.2) is 18.2 Å². The van der Waals surface area contributed by atoms with E-state index in [1.54, 1.807) is 7.05 Å². The van der Waals surface area contributed by atoms with Crippen LogP contribution in [0.5, 0.6) is 0 Å². The molecule has 2 atom stereocenters. The molecule has 10 heteroatoms. The standard InChI is InChI=1S/C19H24N4O5S/c1-22-12-17(20-13-22)29(26,27)23-10-6-9-16(23)18(24)21-15(19(25)28-2)11-14-7-4-3-5-8-14/h3-5,7-8,12-13,15-16H,6,9-11H2,1-2H3,(H,21,24)/t15-,16-/m0/s1. The van der Waals surface area contributed by atoms with E-state index in [0.717, 1.165) is 9.87 Å². The fourth-order valence-electron chi connectivity index (χ4n) is 3.39. The average molecular weight is 420 g/mol. The van der Waals surface area contributed by atoms with Crippen molar-refractivity contribution >= 4 is 21.9 Å². The number of aromatic nitrogens is 2. The maximum atomic E-state index is 12.9. The van der Waals surface area contributed by atoms with Crippen molar-refractivity contribution in [3.63, 3.8) is 0 Å². The fraction of sp³-hybridized carbons (Fsp3) is 0.421. The minimum Gasteiger partial charge on any atom is -0.467 e. The van der Waals surface area contributed by atoms with Gasteiger partial charge in [0.2, 0.25) is 5.91 Å². The maximum absolute atomic E-state index is 12.9. The number of rotatable bonds is 7. The number of hydrogen-bond donors (Lipinski definition) is 1. The normalized spacial score (nSPS) is 18.3. The lowest BCUT2D eigenvalue weighted by Crippen LogP contribution is -2.51. The highest BCUT2D eigenvalue weighted by atomic mass is 32.2. The Morgan fingerprint density at radius 2 is 2.03 bits per heavy atom. The number of sulfonamides is 1. The van der Waals surface area contributed by atoms with Crippen LogP contribution in [0.3, 0.4) is 0 Å². The van der Waals surface area contributed by atoms with E-state index in [2.05, 4.69) is 10.3 Å². The van der Waals surface area contributed by atoms with Gasteiger partial charge in [0.15, 0.2) is 5.03 Å². The Bertz CT molecular complexity index is 973. The molecule has 1 fully saturated rings. The van der Waals surface area contributed by atoms with E-state index in [4.69, 9.17) is 4.74 Å². The third-order valence-corrected chi connectivity index (χ3v) is 6.64. The first-order valence-electron chi connectivity index (χ1n) is 9.25. The van der Waals surface area contributed by atoms with Crippen molar-refractivity contribution in [2.75, 3.05) is 13.7 Å². The zero-order valence-corrected chi connectivity index (χ0v) is 17.1. The predicted molar refractivity (Wildman–Crippen MR) is 104 cm³/mol. The van der Waals surface area contributed by atoms with Crippen LogP contribution in [0.4, 0.5) is 0 Å². The average Bonchev–Trinajstić information content (AvgIpc) is 3.37. The second kappa shape index (κ2) is 8.75. The molecule has 1 amide bonds. The second-order valence-corrected chi connectivity index (χ2v) is 8.76. The monoisotopic (exact) mass is 420 g/mol. The van der Waals surface area contributed by atoms with Crippen molar-refractivity contribution in [1.82, 2.24) is 19.2 Å². The lowest BCUT2D eigenvalue weighted by Gasteiger charge is -2.24. The van der Waals surface area contributed by atoms with E-state index in [9.17, 15) is 18.0 Å². The number of nitrogens with zero attached hydrogens (tertiary/aromatic N) is 3. The molecule has 2 heterocycles. The summed E-state index contributed by atoms with van der Waals surface area (Å²) in [6.07, 6.45) is 3.96. The van der Waals surface area contributed by atoms with Gasteiger partial charge in [-0.05, 0) is 18.4 Å². The quantitative estimate of drug-likeness (QED) is 0.652. The van der Waals surface area contributed by atoms with Gasteiger partial charge < -0.3 is 14.6 Å². The van der Waals surface area contributed by atoms with Crippen molar-refractivity contribution in [1.29, 1.82) is 0 Å². The Balaban J connectivity index is 1.77. The number of amides is 1. The highest BCUT2D eigenvalue weighted by molar-refractivity contribution is 7.89. The summed E-state index contributed by atoms with van der Waals surface area (Å²) < 4.78 is 33.3. The number of carbonyl (C=O) groups is 2. The number of benzene rings is 1. The molecule has 2 aromatic rings. The lowest BCUT2D eigenvalue weighted by molar-refractivity contribution is -0.145. The van der Waals surface area contributed by atoms with Crippen LogP contribution in [-0.2, 0) is 37.8 Å². The van der Waals surface area contributed by atoms with Gasteiger partial charge >= 0.3 is 5.97 Å². The van der Waals surface area contributed by atoms with Gasteiger partial charge in [0.25, 0.3) is 10.0 Å². The van der Waals surface area contributed by atoms with Crippen LogP contribution in [0.25, 0.3) is 0 Å². The number of ether oxygens (including phenoxy) is 1. The van der Waals surface area contributed by atoms with Crippen LogP contribution < -0.4 is 5.32 Å². The molecule has 1 aromatic heterocycles. The molecule has 1 N–H and O–H groups in total. The summed E-state index contributed by atoms with van der Waals surface area (Å²) in [5.41, 5.74) is 0.854. The van der Waals surface area contributed by atoms with E-state index in [1.165, 1.54) is 24.2 Å². The highest BCUT2D eigenvalue weighted by Gasteiger charge is 2.41. The lowest BCUT2D eigenvalue weighted by atomic mass is 10.1. The minimum absolute atomic E-state index is 0.103. The summed E-state index contributed by atoms with van der Waals surface area (Å²) in [6.45, 7) is 0.221. The van der Waals surface area contributed by atoms with Crippen molar-refractivity contribution in [3.8, 4) is 0 Å². The molecule has 0 saturated carbocycles. The van der Waals surface area contributed by atoms with E-state index in [0.29, 0.717) is 12.8 Å². The number of hydrogen-bond acceptors (Lipinski definition) is 6. The fourth-order valence-corrected chi connectivity index (χ4v) is 5.01. The number of imidazole rings is 1. The molecule has 1 aliphatic heterocycles. The van der Waals surface area contributed by atoms with Gasteiger partial charge in [-0.15, -0.1) is 0 Å². The van der Waals surface area contributed by atoms with E-state index >= 15 is 0 Å². The molecule has 0 unspecified atom stereocenters. The van der Waals surface area contributed by atoms with Crippen LogP contribution in [-0.4, -0.2) is 59.9 Å². The summed E-state index contributed by atoms with van der Waals surface area (Å²) in [5.74, 6) is -1.10. The molecule has 1 saturated heterocycles. The summed E-state index contributed by atoms with van der Waals surface area (Å²) in [5, 5.41) is 2.57. The first-order chi connectivity index (χ1) is 13.8. The first kappa shape index (κ1) is 21.0. The Labute approximate surface area is 169 Å². The smallest absolute Gasteiger partial charge is 0.328 e. The Hall–Kier alpha value is -2.72. The third-order valence-electron chi connectivity index (χ3n) is 4.85. The van der Waals surface area contributed by atoms with Crippen molar-refractivity contribution in [2.24, 2.45) is 7.05 Å². The molecule has 156 valence electrons. The topological polar surface area (TPSA) is 111 Å². The highest BCUT2D eigenvalue weighted by Crippen LogP contribution is 2.25. The Morgan fingerprint density at radius 1 is 1.31 bits per heavy atom.